The summed E-state index contributed by atoms with van der Waals surface area (Å²) < 4.78 is 1.74. The predicted octanol–water partition coefficient (Wildman–Crippen LogP) is 1.70. The number of benzene rings is 1. The Morgan fingerprint density at radius 2 is 1.95 bits per heavy atom. The van der Waals surface area contributed by atoms with Crippen LogP contribution >= 0.6 is 0 Å². The second kappa shape index (κ2) is 6.06. The van der Waals surface area contributed by atoms with Crippen LogP contribution in [0.3, 0.4) is 0 Å². The number of nitrogens with one attached hydrogen (secondary N) is 1. The van der Waals surface area contributed by atoms with Crippen molar-refractivity contribution in [2.45, 2.75) is 6.42 Å². The Bertz CT molecular complexity index is 632. The van der Waals surface area contributed by atoms with Crippen LogP contribution in [0.2, 0.25) is 0 Å². The molecule has 1 heterocycles. The zero-order chi connectivity index (χ0) is 14.5. The lowest BCUT2D eigenvalue weighted by Gasteiger charge is -2.08. The molecule has 20 heavy (non-hydrogen) atoms. The van der Waals surface area contributed by atoms with E-state index in [1.54, 1.807) is 54.2 Å². The van der Waals surface area contributed by atoms with Gasteiger partial charge in [0.15, 0.2) is 0 Å². The number of carboxylic acid groups (broad SMARTS) is 1. The van der Waals surface area contributed by atoms with E-state index in [1.165, 1.54) is 0 Å². The number of aromatic carboxylic acids is 1. The quantitative estimate of drug-likeness (QED) is 0.870. The average molecular weight is 272 g/mol. The van der Waals surface area contributed by atoms with Crippen LogP contribution in [0.4, 0.5) is 0 Å². The van der Waals surface area contributed by atoms with Crippen molar-refractivity contribution < 1.29 is 14.7 Å². The Morgan fingerprint density at radius 1 is 1.20 bits per heavy atom. The molecule has 0 saturated carbocycles. The van der Waals surface area contributed by atoms with Crippen LogP contribution in [0.15, 0.2) is 42.6 Å². The number of hydrogen-bond acceptors (Lipinski definition) is 2. The van der Waals surface area contributed by atoms with Crippen LogP contribution in [-0.2, 0) is 13.5 Å². The van der Waals surface area contributed by atoms with E-state index in [1.807, 2.05) is 0 Å². The number of carbonyl (C=O) groups is 2. The lowest BCUT2D eigenvalue weighted by molar-refractivity contribution is 0.0695. The van der Waals surface area contributed by atoms with Gasteiger partial charge >= 0.3 is 5.97 Å². The van der Waals surface area contributed by atoms with E-state index in [4.69, 9.17) is 5.11 Å². The molecular formula is C15H16N2O3. The second-order valence-electron chi connectivity index (χ2n) is 4.47. The van der Waals surface area contributed by atoms with Crippen LogP contribution in [0.1, 0.15) is 26.4 Å². The molecule has 104 valence electrons. The van der Waals surface area contributed by atoms with Gasteiger partial charge in [0.05, 0.1) is 5.56 Å². The number of aromatic nitrogens is 1. The molecule has 2 N–H and O–H groups in total. The van der Waals surface area contributed by atoms with Gasteiger partial charge in [-0.1, -0.05) is 18.2 Å². The zero-order valence-electron chi connectivity index (χ0n) is 11.2. The molecule has 0 fully saturated rings. The number of hydrogen-bond donors (Lipinski definition) is 2. The third-order valence-electron chi connectivity index (χ3n) is 3.10. The molecule has 5 nitrogen and oxygen atoms in total. The summed E-state index contributed by atoms with van der Waals surface area (Å²) in [6, 6.07) is 10.3. The highest BCUT2D eigenvalue weighted by atomic mass is 16.4. The maximum absolute atomic E-state index is 11.9. The normalized spacial score (nSPS) is 10.2. The van der Waals surface area contributed by atoms with Gasteiger partial charge in [-0.3, -0.25) is 4.79 Å². The summed E-state index contributed by atoms with van der Waals surface area (Å²) in [6.45, 7) is 0.397. The van der Waals surface area contributed by atoms with Crippen LogP contribution in [-0.4, -0.2) is 28.1 Å². The minimum absolute atomic E-state index is 0.162. The fraction of sp³-hybridized carbons (Fsp3) is 0.200. The Morgan fingerprint density at radius 3 is 2.60 bits per heavy atom. The summed E-state index contributed by atoms with van der Waals surface area (Å²) in [5.41, 5.74) is 1.57. The summed E-state index contributed by atoms with van der Waals surface area (Å²) >= 11 is 0. The zero-order valence-corrected chi connectivity index (χ0v) is 11.2. The van der Waals surface area contributed by atoms with E-state index >= 15 is 0 Å². The number of nitrogens with zero attached hydrogens (tertiary/aromatic N) is 1. The number of amides is 1. The van der Waals surface area contributed by atoms with E-state index < -0.39 is 5.97 Å². The van der Waals surface area contributed by atoms with E-state index in [0.29, 0.717) is 24.2 Å². The van der Waals surface area contributed by atoms with E-state index in [2.05, 4.69) is 5.32 Å². The van der Waals surface area contributed by atoms with Gasteiger partial charge < -0.3 is 15.0 Å². The molecule has 1 amide bonds. The molecule has 0 aliphatic heterocycles. The molecule has 0 spiro atoms. The first kappa shape index (κ1) is 13.9. The Hall–Kier alpha value is -2.56. The third-order valence-corrected chi connectivity index (χ3v) is 3.10. The molecule has 0 radical (unpaired) electrons. The van der Waals surface area contributed by atoms with Crippen molar-refractivity contribution in [1.29, 1.82) is 0 Å². The molecule has 1 aromatic heterocycles. The van der Waals surface area contributed by atoms with Crippen LogP contribution < -0.4 is 5.32 Å². The SMILES string of the molecule is Cn1cccc1C(=O)NCCc1ccccc1C(=O)O. The number of carbonyl (C=O) groups excluding carboxylic acids is 1. The topological polar surface area (TPSA) is 71.3 Å². The fourth-order valence-electron chi connectivity index (χ4n) is 2.05. The smallest absolute Gasteiger partial charge is 0.335 e. The predicted molar refractivity (Wildman–Crippen MR) is 74.9 cm³/mol. The molecule has 0 aliphatic carbocycles. The van der Waals surface area contributed by atoms with Crippen molar-refractivity contribution in [3.8, 4) is 0 Å². The fourth-order valence-corrected chi connectivity index (χ4v) is 2.05. The van der Waals surface area contributed by atoms with Gasteiger partial charge in [0, 0.05) is 19.8 Å². The molecule has 0 saturated heterocycles. The van der Waals surface area contributed by atoms with Crippen molar-refractivity contribution in [1.82, 2.24) is 9.88 Å². The molecule has 0 unspecified atom stereocenters. The molecule has 5 heteroatoms. The van der Waals surface area contributed by atoms with Gasteiger partial charge in [-0.15, -0.1) is 0 Å². The highest BCUT2D eigenvalue weighted by Gasteiger charge is 2.10. The Balaban J connectivity index is 1.95. The maximum Gasteiger partial charge on any atom is 0.335 e. The van der Waals surface area contributed by atoms with Gasteiger partial charge in [0.25, 0.3) is 5.91 Å². The standard InChI is InChI=1S/C15H16N2O3/c1-17-10-4-7-13(17)14(18)16-9-8-11-5-2-3-6-12(11)15(19)20/h2-7,10H,8-9H2,1H3,(H,16,18)(H,19,20). The molecule has 2 aromatic rings. The number of rotatable bonds is 5. The number of aryl methyl sites for hydroxylation is 1. The van der Waals surface area contributed by atoms with E-state index in [9.17, 15) is 9.59 Å². The third kappa shape index (κ3) is 3.06. The average Bonchev–Trinajstić information content (AvgIpc) is 2.85. The van der Waals surface area contributed by atoms with E-state index in [-0.39, 0.29) is 11.5 Å². The summed E-state index contributed by atoms with van der Waals surface area (Å²) in [6.07, 6.45) is 2.28. The van der Waals surface area contributed by atoms with Crippen LogP contribution in [0, 0.1) is 0 Å². The van der Waals surface area contributed by atoms with Crippen molar-refractivity contribution >= 4 is 11.9 Å². The van der Waals surface area contributed by atoms with E-state index in [0.717, 1.165) is 0 Å². The molecule has 0 atom stereocenters. The van der Waals surface area contributed by atoms with Crippen molar-refractivity contribution in [2.75, 3.05) is 6.54 Å². The second-order valence-corrected chi connectivity index (χ2v) is 4.47. The van der Waals surface area contributed by atoms with Gasteiger partial charge in [0.2, 0.25) is 0 Å². The summed E-state index contributed by atoms with van der Waals surface area (Å²) in [5, 5.41) is 11.9. The van der Waals surface area contributed by atoms with Gasteiger partial charge in [0.1, 0.15) is 5.69 Å². The Kier molecular flexibility index (Phi) is 4.20. The van der Waals surface area contributed by atoms with Gasteiger partial charge in [-0.2, -0.15) is 0 Å². The van der Waals surface area contributed by atoms with Gasteiger partial charge in [-0.05, 0) is 30.2 Å². The first-order valence-corrected chi connectivity index (χ1v) is 6.30. The van der Waals surface area contributed by atoms with Crippen LogP contribution in [0.5, 0.6) is 0 Å². The van der Waals surface area contributed by atoms with Crippen molar-refractivity contribution in [2.24, 2.45) is 7.05 Å². The largest absolute Gasteiger partial charge is 0.478 e. The minimum atomic E-state index is -0.950. The molecule has 0 aliphatic rings. The maximum atomic E-state index is 11.9. The lowest BCUT2D eigenvalue weighted by atomic mass is 10.0. The highest BCUT2D eigenvalue weighted by Crippen LogP contribution is 2.09. The molecule has 0 bridgehead atoms. The first-order valence-electron chi connectivity index (χ1n) is 6.30. The highest BCUT2D eigenvalue weighted by molar-refractivity contribution is 5.92. The minimum Gasteiger partial charge on any atom is -0.478 e. The summed E-state index contributed by atoms with van der Waals surface area (Å²) in [7, 11) is 1.80. The van der Waals surface area contributed by atoms with Crippen LogP contribution in [0.25, 0.3) is 0 Å². The van der Waals surface area contributed by atoms with Crippen molar-refractivity contribution in [3.63, 3.8) is 0 Å². The first-order chi connectivity index (χ1) is 9.59. The Labute approximate surface area is 116 Å². The summed E-state index contributed by atoms with van der Waals surface area (Å²) in [4.78, 5) is 22.9. The molecule has 1 aromatic carbocycles. The van der Waals surface area contributed by atoms with Gasteiger partial charge in [-0.25, -0.2) is 4.79 Å². The number of carboxylic acids is 1. The summed E-state index contributed by atoms with van der Waals surface area (Å²) in [5.74, 6) is -1.11. The van der Waals surface area contributed by atoms with Crippen molar-refractivity contribution in [3.05, 3.63) is 59.4 Å². The monoisotopic (exact) mass is 272 g/mol. The molecule has 2 rings (SSSR count). The lowest BCUT2D eigenvalue weighted by Crippen LogP contribution is -2.27. The molecular weight excluding hydrogens is 256 g/mol.